The number of aryl methyl sites for hydroxylation is 1. The molecule has 0 saturated heterocycles. The standard InChI is InChI=1S/C22H30N4O.HI/c1-26(2)21(27)18-25-22(24-17-15-20-12-7-4-8-13-20)23-16-9-14-19-10-5-3-6-11-19;/h3-8,10-13H,9,14-18H2,1-2H3,(H2,23,24,25);1H. The van der Waals surface area contributed by atoms with Crippen molar-refractivity contribution in [2.24, 2.45) is 4.99 Å². The fourth-order valence-corrected chi connectivity index (χ4v) is 2.58. The first kappa shape index (κ1) is 23.9. The van der Waals surface area contributed by atoms with E-state index in [1.165, 1.54) is 11.1 Å². The number of nitrogens with zero attached hydrogens (tertiary/aromatic N) is 2. The van der Waals surface area contributed by atoms with Crippen molar-refractivity contribution in [3.8, 4) is 0 Å². The molecule has 0 bridgehead atoms. The normalized spacial score (nSPS) is 10.7. The zero-order valence-corrected chi connectivity index (χ0v) is 19.1. The molecule has 0 atom stereocenters. The van der Waals surface area contributed by atoms with Gasteiger partial charge in [-0.3, -0.25) is 4.79 Å². The van der Waals surface area contributed by atoms with Crippen LogP contribution in [0.1, 0.15) is 17.5 Å². The van der Waals surface area contributed by atoms with E-state index in [1.807, 2.05) is 24.3 Å². The lowest BCUT2D eigenvalue weighted by Crippen LogP contribution is -2.40. The van der Waals surface area contributed by atoms with E-state index in [1.54, 1.807) is 19.0 Å². The maximum Gasteiger partial charge on any atom is 0.243 e. The Morgan fingerprint density at radius 3 is 1.96 bits per heavy atom. The van der Waals surface area contributed by atoms with Gasteiger partial charge in [0.2, 0.25) is 5.91 Å². The van der Waals surface area contributed by atoms with Crippen molar-refractivity contribution in [2.75, 3.05) is 33.7 Å². The van der Waals surface area contributed by atoms with Crippen LogP contribution in [0.2, 0.25) is 0 Å². The number of hydrogen-bond acceptors (Lipinski definition) is 2. The molecule has 0 saturated carbocycles. The predicted molar refractivity (Wildman–Crippen MR) is 127 cm³/mol. The average Bonchev–Trinajstić information content (AvgIpc) is 2.70. The van der Waals surface area contributed by atoms with Crippen molar-refractivity contribution in [3.05, 3.63) is 71.8 Å². The summed E-state index contributed by atoms with van der Waals surface area (Å²) in [6.45, 7) is 1.72. The van der Waals surface area contributed by atoms with Gasteiger partial charge < -0.3 is 15.5 Å². The smallest absolute Gasteiger partial charge is 0.243 e. The first-order valence-electron chi connectivity index (χ1n) is 9.45. The van der Waals surface area contributed by atoms with Crippen LogP contribution in [-0.2, 0) is 17.6 Å². The molecular formula is C22H31IN4O. The second kappa shape index (κ2) is 14.0. The Bertz CT molecular complexity index is 705. The lowest BCUT2D eigenvalue weighted by Gasteiger charge is -2.14. The molecular weight excluding hydrogens is 463 g/mol. The summed E-state index contributed by atoms with van der Waals surface area (Å²) in [5.74, 6) is 0.678. The maximum absolute atomic E-state index is 11.8. The molecule has 2 aromatic rings. The van der Waals surface area contributed by atoms with Gasteiger partial charge in [-0.25, -0.2) is 4.99 Å². The lowest BCUT2D eigenvalue weighted by molar-refractivity contribution is -0.127. The summed E-state index contributed by atoms with van der Waals surface area (Å²) in [7, 11) is 3.49. The third-order valence-corrected chi connectivity index (χ3v) is 4.20. The minimum absolute atomic E-state index is 0. The van der Waals surface area contributed by atoms with Crippen LogP contribution >= 0.6 is 24.0 Å². The largest absolute Gasteiger partial charge is 0.356 e. The number of aliphatic imine (C=N–C) groups is 1. The highest BCUT2D eigenvalue weighted by Crippen LogP contribution is 2.01. The highest BCUT2D eigenvalue weighted by molar-refractivity contribution is 14.0. The van der Waals surface area contributed by atoms with Crippen LogP contribution < -0.4 is 10.6 Å². The van der Waals surface area contributed by atoms with Gasteiger partial charge in [-0.1, -0.05) is 60.7 Å². The molecule has 0 spiro atoms. The Morgan fingerprint density at radius 1 is 0.857 bits per heavy atom. The van der Waals surface area contributed by atoms with Crippen molar-refractivity contribution < 1.29 is 4.79 Å². The van der Waals surface area contributed by atoms with Crippen LogP contribution in [0.3, 0.4) is 0 Å². The molecule has 0 radical (unpaired) electrons. The Kier molecular flexibility index (Phi) is 12.0. The van der Waals surface area contributed by atoms with Crippen LogP contribution in [-0.4, -0.2) is 50.5 Å². The van der Waals surface area contributed by atoms with Crippen LogP contribution in [0, 0.1) is 0 Å². The number of nitrogens with one attached hydrogen (secondary N) is 2. The van der Waals surface area contributed by atoms with Crippen molar-refractivity contribution in [3.63, 3.8) is 0 Å². The minimum Gasteiger partial charge on any atom is -0.356 e. The topological polar surface area (TPSA) is 56.7 Å². The molecule has 0 aliphatic carbocycles. The average molecular weight is 494 g/mol. The van der Waals surface area contributed by atoms with Crippen molar-refractivity contribution in [1.29, 1.82) is 0 Å². The summed E-state index contributed by atoms with van der Waals surface area (Å²) in [5, 5.41) is 6.67. The van der Waals surface area contributed by atoms with Gasteiger partial charge in [0.1, 0.15) is 6.54 Å². The summed E-state index contributed by atoms with van der Waals surface area (Å²) >= 11 is 0. The van der Waals surface area contributed by atoms with E-state index in [-0.39, 0.29) is 36.4 Å². The summed E-state index contributed by atoms with van der Waals surface area (Å²) in [6.07, 6.45) is 2.93. The van der Waals surface area contributed by atoms with Gasteiger partial charge in [-0.2, -0.15) is 0 Å². The molecule has 6 heteroatoms. The molecule has 1 amide bonds. The molecule has 0 aromatic heterocycles. The zero-order chi connectivity index (χ0) is 19.3. The van der Waals surface area contributed by atoms with Gasteiger partial charge in [-0.15, -0.1) is 24.0 Å². The van der Waals surface area contributed by atoms with E-state index < -0.39 is 0 Å². The van der Waals surface area contributed by atoms with E-state index in [0.717, 1.165) is 32.4 Å². The molecule has 0 fully saturated rings. The van der Waals surface area contributed by atoms with Crippen LogP contribution in [0.4, 0.5) is 0 Å². The van der Waals surface area contributed by atoms with Gasteiger partial charge in [0.05, 0.1) is 0 Å². The first-order chi connectivity index (χ1) is 13.1. The Hall–Kier alpha value is -2.09. The highest BCUT2D eigenvalue weighted by Gasteiger charge is 2.04. The number of rotatable bonds is 9. The van der Waals surface area contributed by atoms with Gasteiger partial charge >= 0.3 is 0 Å². The molecule has 2 aromatic carbocycles. The monoisotopic (exact) mass is 494 g/mol. The van der Waals surface area contributed by atoms with Crippen molar-refractivity contribution in [1.82, 2.24) is 15.5 Å². The second-order valence-electron chi connectivity index (χ2n) is 6.63. The number of carbonyl (C=O) groups is 1. The molecule has 28 heavy (non-hydrogen) atoms. The molecule has 5 nitrogen and oxygen atoms in total. The van der Waals surface area contributed by atoms with E-state index >= 15 is 0 Å². The van der Waals surface area contributed by atoms with E-state index in [4.69, 9.17) is 0 Å². The number of likely N-dealkylation sites (N-methyl/N-ethyl adjacent to an activating group) is 1. The molecule has 2 rings (SSSR count). The van der Waals surface area contributed by atoms with E-state index in [9.17, 15) is 4.79 Å². The molecule has 0 heterocycles. The molecule has 0 aliphatic rings. The molecule has 152 valence electrons. The summed E-state index contributed by atoms with van der Waals surface area (Å²) in [4.78, 5) is 17.8. The third kappa shape index (κ3) is 9.73. The number of amides is 1. The van der Waals surface area contributed by atoms with Crippen LogP contribution in [0.15, 0.2) is 65.7 Å². The highest BCUT2D eigenvalue weighted by atomic mass is 127. The Labute approximate surface area is 185 Å². The number of benzene rings is 2. The van der Waals surface area contributed by atoms with Gasteiger partial charge in [0.25, 0.3) is 0 Å². The Balaban J connectivity index is 0.00000392. The third-order valence-electron chi connectivity index (χ3n) is 4.20. The van der Waals surface area contributed by atoms with Crippen molar-refractivity contribution in [2.45, 2.75) is 19.3 Å². The number of guanidine groups is 1. The minimum atomic E-state index is -0.0107. The van der Waals surface area contributed by atoms with Crippen LogP contribution in [0.5, 0.6) is 0 Å². The van der Waals surface area contributed by atoms with E-state index in [0.29, 0.717) is 5.96 Å². The van der Waals surface area contributed by atoms with Gasteiger partial charge in [0, 0.05) is 27.2 Å². The van der Waals surface area contributed by atoms with Gasteiger partial charge in [-0.05, 0) is 30.4 Å². The fourth-order valence-electron chi connectivity index (χ4n) is 2.58. The lowest BCUT2D eigenvalue weighted by atomic mass is 10.1. The maximum atomic E-state index is 11.8. The van der Waals surface area contributed by atoms with Crippen molar-refractivity contribution >= 4 is 35.8 Å². The quantitative estimate of drug-likeness (QED) is 0.244. The fraction of sp³-hybridized carbons (Fsp3) is 0.364. The van der Waals surface area contributed by atoms with Crippen LogP contribution in [0.25, 0.3) is 0 Å². The Morgan fingerprint density at radius 2 is 1.39 bits per heavy atom. The number of hydrogen-bond donors (Lipinski definition) is 2. The first-order valence-corrected chi connectivity index (χ1v) is 9.45. The molecule has 0 unspecified atom stereocenters. The summed E-state index contributed by atoms with van der Waals surface area (Å²) in [5.41, 5.74) is 2.61. The van der Waals surface area contributed by atoms with E-state index in [2.05, 4.69) is 52.0 Å². The number of carbonyl (C=O) groups excluding carboxylic acids is 1. The number of halogens is 1. The SMILES string of the molecule is CN(C)C(=O)CN=C(NCCCc1ccccc1)NCCc1ccccc1.I. The second-order valence-corrected chi connectivity index (χ2v) is 6.63. The van der Waals surface area contributed by atoms with Gasteiger partial charge in [0.15, 0.2) is 5.96 Å². The summed E-state index contributed by atoms with van der Waals surface area (Å²) < 4.78 is 0. The predicted octanol–water partition coefficient (Wildman–Crippen LogP) is 3.10. The molecule has 0 aliphatic heterocycles. The summed E-state index contributed by atoms with van der Waals surface area (Å²) in [6, 6.07) is 20.8. The zero-order valence-electron chi connectivity index (χ0n) is 16.7. The molecule has 2 N–H and O–H groups in total.